The van der Waals surface area contributed by atoms with E-state index in [0.717, 1.165) is 17.4 Å². The van der Waals surface area contributed by atoms with Crippen molar-refractivity contribution in [2.75, 3.05) is 7.11 Å². The maximum atomic E-state index is 13.8. The van der Waals surface area contributed by atoms with Crippen molar-refractivity contribution in [3.63, 3.8) is 0 Å². The van der Waals surface area contributed by atoms with Crippen LogP contribution in [0.25, 0.3) is 0 Å². The van der Waals surface area contributed by atoms with Gasteiger partial charge in [-0.3, -0.25) is 0 Å². The Morgan fingerprint density at radius 3 is 2.43 bits per heavy atom. The normalized spacial score (nSPS) is 13.8. The van der Waals surface area contributed by atoms with Crippen LogP contribution in [0.3, 0.4) is 0 Å². The van der Waals surface area contributed by atoms with Gasteiger partial charge in [-0.05, 0) is 37.6 Å². The molecule has 2 nitrogen and oxygen atoms in total. The van der Waals surface area contributed by atoms with E-state index in [-0.39, 0.29) is 12.1 Å². The molecule has 1 N–H and O–H groups in total. The van der Waals surface area contributed by atoms with Crippen LogP contribution >= 0.6 is 0 Å². The lowest BCUT2D eigenvalue weighted by Gasteiger charge is -2.21. The van der Waals surface area contributed by atoms with Gasteiger partial charge >= 0.3 is 0 Å². The molecule has 2 aromatic carbocycles. The van der Waals surface area contributed by atoms with Gasteiger partial charge < -0.3 is 10.1 Å². The molecular weight excluding hydrogens is 272 g/mol. The van der Waals surface area contributed by atoms with Crippen molar-refractivity contribution < 1.29 is 13.5 Å². The molecule has 0 spiro atoms. The molecular formula is C17H19F2NO. The van der Waals surface area contributed by atoms with Crippen molar-refractivity contribution in [3.05, 3.63) is 65.2 Å². The lowest BCUT2D eigenvalue weighted by molar-refractivity contribution is 0.412. The van der Waals surface area contributed by atoms with Crippen molar-refractivity contribution >= 4 is 0 Å². The van der Waals surface area contributed by atoms with E-state index in [1.54, 1.807) is 7.11 Å². The Kier molecular flexibility index (Phi) is 4.91. The number of rotatable bonds is 5. The van der Waals surface area contributed by atoms with E-state index in [0.29, 0.717) is 5.56 Å². The predicted octanol–water partition coefficient (Wildman–Crippen LogP) is 4.39. The van der Waals surface area contributed by atoms with Gasteiger partial charge in [0.05, 0.1) is 7.11 Å². The van der Waals surface area contributed by atoms with E-state index >= 15 is 0 Å². The van der Waals surface area contributed by atoms with Crippen LogP contribution in [0.1, 0.15) is 37.1 Å². The first-order chi connectivity index (χ1) is 10.0. The number of methoxy groups -OCH3 is 1. The lowest BCUT2D eigenvalue weighted by Crippen LogP contribution is -2.23. The monoisotopic (exact) mass is 291 g/mol. The summed E-state index contributed by atoms with van der Waals surface area (Å²) < 4.78 is 31.9. The molecule has 0 saturated carbocycles. The SMILES string of the molecule is COc1cccc([C@H](C)NC(C)c2ccc(F)cc2F)c1. The topological polar surface area (TPSA) is 21.3 Å². The molecule has 0 bridgehead atoms. The zero-order chi connectivity index (χ0) is 15.4. The second-order valence-corrected chi connectivity index (χ2v) is 5.05. The smallest absolute Gasteiger partial charge is 0.130 e. The first-order valence-electron chi connectivity index (χ1n) is 6.86. The zero-order valence-corrected chi connectivity index (χ0v) is 12.4. The molecule has 0 saturated heterocycles. The Bertz CT molecular complexity index is 615. The first-order valence-corrected chi connectivity index (χ1v) is 6.86. The summed E-state index contributed by atoms with van der Waals surface area (Å²) in [4.78, 5) is 0. The van der Waals surface area contributed by atoms with Crippen LogP contribution in [0.4, 0.5) is 8.78 Å². The summed E-state index contributed by atoms with van der Waals surface area (Å²) in [6.45, 7) is 3.85. The largest absolute Gasteiger partial charge is 0.497 e. The fraction of sp³-hybridized carbons (Fsp3) is 0.294. The Morgan fingerprint density at radius 1 is 1.00 bits per heavy atom. The molecule has 21 heavy (non-hydrogen) atoms. The van der Waals surface area contributed by atoms with Crippen LogP contribution in [0.5, 0.6) is 5.75 Å². The molecule has 0 fully saturated rings. The van der Waals surface area contributed by atoms with Crippen molar-refractivity contribution in [2.45, 2.75) is 25.9 Å². The third-order valence-electron chi connectivity index (χ3n) is 3.52. The number of halogens is 2. The lowest BCUT2D eigenvalue weighted by atomic mass is 10.0. The van der Waals surface area contributed by atoms with Crippen LogP contribution in [0, 0.1) is 11.6 Å². The van der Waals surface area contributed by atoms with Crippen LogP contribution in [0.15, 0.2) is 42.5 Å². The first kappa shape index (κ1) is 15.4. The summed E-state index contributed by atoms with van der Waals surface area (Å²) in [6.07, 6.45) is 0. The minimum atomic E-state index is -0.565. The molecule has 0 radical (unpaired) electrons. The number of hydrogen-bond acceptors (Lipinski definition) is 2. The highest BCUT2D eigenvalue weighted by atomic mass is 19.1. The Hall–Kier alpha value is -1.94. The van der Waals surface area contributed by atoms with Gasteiger partial charge in [0.2, 0.25) is 0 Å². The third-order valence-corrected chi connectivity index (χ3v) is 3.52. The molecule has 4 heteroatoms. The standard InChI is InChI=1S/C17H19F2NO/c1-11(13-5-4-6-15(9-13)21-3)20-12(2)16-8-7-14(18)10-17(16)19/h4-12,20H,1-3H3/t11-,12?/m0/s1. The van der Waals surface area contributed by atoms with Crippen LogP contribution in [-0.2, 0) is 0 Å². The highest BCUT2D eigenvalue weighted by molar-refractivity contribution is 5.30. The van der Waals surface area contributed by atoms with Gasteiger partial charge in [-0.2, -0.15) is 0 Å². The minimum Gasteiger partial charge on any atom is -0.497 e. The van der Waals surface area contributed by atoms with E-state index in [9.17, 15) is 8.78 Å². The van der Waals surface area contributed by atoms with Gasteiger partial charge in [0.15, 0.2) is 0 Å². The summed E-state index contributed by atoms with van der Waals surface area (Å²) >= 11 is 0. The molecule has 2 atom stereocenters. The number of nitrogens with one attached hydrogen (secondary N) is 1. The van der Waals surface area contributed by atoms with Crippen molar-refractivity contribution in [1.29, 1.82) is 0 Å². The average Bonchev–Trinajstić information content (AvgIpc) is 2.47. The predicted molar refractivity (Wildman–Crippen MR) is 79.3 cm³/mol. The van der Waals surface area contributed by atoms with E-state index in [1.165, 1.54) is 12.1 Å². The van der Waals surface area contributed by atoms with Gasteiger partial charge in [-0.25, -0.2) is 8.78 Å². The van der Waals surface area contributed by atoms with E-state index in [2.05, 4.69) is 5.32 Å². The Labute approximate surface area is 123 Å². The molecule has 2 rings (SSSR count). The fourth-order valence-electron chi connectivity index (χ4n) is 2.32. The molecule has 0 aliphatic rings. The van der Waals surface area contributed by atoms with Crippen molar-refractivity contribution in [2.24, 2.45) is 0 Å². The number of hydrogen-bond donors (Lipinski definition) is 1. The van der Waals surface area contributed by atoms with Crippen LogP contribution in [0.2, 0.25) is 0 Å². The van der Waals surface area contributed by atoms with Gasteiger partial charge in [-0.1, -0.05) is 18.2 Å². The molecule has 112 valence electrons. The van der Waals surface area contributed by atoms with Crippen LogP contribution in [-0.4, -0.2) is 7.11 Å². The summed E-state index contributed by atoms with van der Waals surface area (Å²) in [7, 11) is 1.62. The molecule has 2 aromatic rings. The van der Waals surface area contributed by atoms with Crippen molar-refractivity contribution in [3.8, 4) is 5.75 Å². The molecule has 0 aliphatic carbocycles. The second kappa shape index (κ2) is 6.68. The fourth-order valence-corrected chi connectivity index (χ4v) is 2.32. The summed E-state index contributed by atoms with van der Waals surface area (Å²) in [6, 6.07) is 11.1. The maximum Gasteiger partial charge on any atom is 0.130 e. The van der Waals surface area contributed by atoms with E-state index < -0.39 is 11.6 Å². The van der Waals surface area contributed by atoms with Gasteiger partial charge in [0.1, 0.15) is 17.4 Å². The number of ether oxygens (including phenoxy) is 1. The maximum absolute atomic E-state index is 13.8. The molecule has 0 heterocycles. The molecule has 0 amide bonds. The minimum absolute atomic E-state index is 0.0135. The summed E-state index contributed by atoms with van der Waals surface area (Å²) in [5.74, 6) is -0.320. The summed E-state index contributed by atoms with van der Waals surface area (Å²) in [5.41, 5.74) is 1.50. The second-order valence-electron chi connectivity index (χ2n) is 5.05. The average molecular weight is 291 g/mol. The zero-order valence-electron chi connectivity index (χ0n) is 12.4. The van der Waals surface area contributed by atoms with Crippen LogP contribution < -0.4 is 10.1 Å². The third kappa shape index (κ3) is 3.79. The van der Waals surface area contributed by atoms with Crippen molar-refractivity contribution in [1.82, 2.24) is 5.32 Å². The molecule has 0 aliphatic heterocycles. The Balaban J connectivity index is 2.12. The molecule has 1 unspecified atom stereocenters. The van der Waals surface area contributed by atoms with E-state index in [4.69, 9.17) is 4.74 Å². The quantitative estimate of drug-likeness (QED) is 0.882. The molecule has 0 aromatic heterocycles. The highest BCUT2D eigenvalue weighted by Crippen LogP contribution is 2.24. The number of benzene rings is 2. The summed E-state index contributed by atoms with van der Waals surface area (Å²) in [5, 5.41) is 3.31. The van der Waals surface area contributed by atoms with Gasteiger partial charge in [0, 0.05) is 23.7 Å². The van der Waals surface area contributed by atoms with Gasteiger partial charge in [-0.15, -0.1) is 0 Å². The van der Waals surface area contributed by atoms with Gasteiger partial charge in [0.25, 0.3) is 0 Å². The highest BCUT2D eigenvalue weighted by Gasteiger charge is 2.15. The van der Waals surface area contributed by atoms with E-state index in [1.807, 2.05) is 38.1 Å². The Morgan fingerprint density at radius 2 is 1.76 bits per heavy atom.